The number of aryl methyl sites for hydroxylation is 2. The predicted molar refractivity (Wildman–Crippen MR) is 116 cm³/mol. The molecule has 5 aromatic rings. The van der Waals surface area contributed by atoms with Crippen LogP contribution in [-0.2, 0) is 0 Å². The molecule has 6 heteroatoms. The third kappa shape index (κ3) is 2.90. The Hall–Kier alpha value is -4.06. The number of nitrogens with zero attached hydrogens (tertiary/aromatic N) is 4. The average molecular weight is 394 g/mol. The molecule has 0 aliphatic rings. The summed E-state index contributed by atoms with van der Waals surface area (Å²) in [4.78, 5) is 17.8. The molecule has 0 saturated heterocycles. The Bertz CT molecular complexity index is 1450. The molecule has 0 saturated carbocycles. The number of hydrogen-bond donors (Lipinski definition) is 0. The molecule has 2 heterocycles. The highest BCUT2D eigenvalue weighted by atomic mass is 16.5. The summed E-state index contributed by atoms with van der Waals surface area (Å²) in [5.41, 5.74) is 3.88. The zero-order chi connectivity index (χ0) is 20.7. The predicted octanol–water partition coefficient (Wildman–Crippen LogP) is 4.72. The number of benzene rings is 3. The maximum atomic E-state index is 13.2. The highest BCUT2D eigenvalue weighted by Crippen LogP contribution is 2.27. The normalized spacial score (nSPS) is 11.1. The van der Waals surface area contributed by atoms with E-state index in [4.69, 9.17) is 4.52 Å². The van der Waals surface area contributed by atoms with Gasteiger partial charge in [-0.25, -0.2) is 0 Å². The minimum absolute atomic E-state index is 0.192. The van der Waals surface area contributed by atoms with Crippen LogP contribution in [0.5, 0.6) is 0 Å². The van der Waals surface area contributed by atoms with Crippen LogP contribution in [0.3, 0.4) is 0 Å². The minimum Gasteiger partial charge on any atom is -0.332 e. The maximum Gasteiger partial charge on any atom is 0.279 e. The molecule has 0 bridgehead atoms. The van der Waals surface area contributed by atoms with Crippen molar-refractivity contribution < 1.29 is 4.52 Å². The number of hydrogen-bond acceptors (Lipinski definition) is 5. The summed E-state index contributed by atoms with van der Waals surface area (Å²) in [7, 11) is 0. The van der Waals surface area contributed by atoms with Gasteiger partial charge in [-0.1, -0.05) is 65.8 Å². The Kier molecular flexibility index (Phi) is 4.25. The van der Waals surface area contributed by atoms with E-state index < -0.39 is 0 Å². The van der Waals surface area contributed by atoms with Gasteiger partial charge in [-0.2, -0.15) is 14.8 Å². The molecule has 0 fully saturated rings. The second-order valence-corrected chi connectivity index (χ2v) is 7.14. The Labute approximate surface area is 172 Å². The lowest BCUT2D eigenvalue weighted by Crippen LogP contribution is -2.23. The van der Waals surface area contributed by atoms with E-state index in [1.807, 2.05) is 80.6 Å². The van der Waals surface area contributed by atoms with Crippen molar-refractivity contribution in [3.63, 3.8) is 0 Å². The van der Waals surface area contributed by atoms with Gasteiger partial charge in [0, 0.05) is 10.9 Å². The highest BCUT2D eigenvalue weighted by Gasteiger charge is 2.19. The molecule has 0 unspecified atom stereocenters. The second kappa shape index (κ2) is 7.08. The number of para-hydroxylation sites is 1. The summed E-state index contributed by atoms with van der Waals surface area (Å²) < 4.78 is 7.00. The molecule has 0 atom stereocenters. The van der Waals surface area contributed by atoms with Gasteiger partial charge in [0.1, 0.15) is 0 Å². The SMILES string of the molecule is Cc1ccccc1-c1noc(-c2nn(-c3ccccc3C)c(=O)c3ccccc23)n1. The summed E-state index contributed by atoms with van der Waals surface area (Å²) in [6.07, 6.45) is 0. The molecule has 3 aromatic carbocycles. The zero-order valence-corrected chi connectivity index (χ0v) is 16.5. The maximum absolute atomic E-state index is 13.2. The topological polar surface area (TPSA) is 73.8 Å². The quantitative estimate of drug-likeness (QED) is 0.443. The number of fused-ring (bicyclic) bond motifs is 1. The van der Waals surface area contributed by atoms with E-state index in [0.717, 1.165) is 16.7 Å². The first-order valence-electron chi connectivity index (χ1n) is 9.61. The van der Waals surface area contributed by atoms with Crippen LogP contribution >= 0.6 is 0 Å². The third-order valence-corrected chi connectivity index (χ3v) is 5.16. The summed E-state index contributed by atoms with van der Waals surface area (Å²) in [5.74, 6) is 0.759. The van der Waals surface area contributed by atoms with Gasteiger partial charge < -0.3 is 4.52 Å². The molecule has 5 rings (SSSR count). The molecule has 0 amide bonds. The molecule has 0 spiro atoms. The minimum atomic E-state index is -0.192. The Morgan fingerprint density at radius 2 is 1.47 bits per heavy atom. The van der Waals surface area contributed by atoms with Crippen molar-refractivity contribution in [2.45, 2.75) is 13.8 Å². The van der Waals surface area contributed by atoms with Gasteiger partial charge in [0.2, 0.25) is 5.82 Å². The Morgan fingerprint density at radius 1 is 0.800 bits per heavy atom. The molecule has 2 aromatic heterocycles. The fourth-order valence-corrected chi connectivity index (χ4v) is 3.56. The van der Waals surface area contributed by atoms with Gasteiger partial charge >= 0.3 is 0 Å². The molecular formula is C24H18N4O2. The van der Waals surface area contributed by atoms with E-state index in [9.17, 15) is 4.79 Å². The van der Waals surface area contributed by atoms with Crippen molar-refractivity contribution in [2.24, 2.45) is 0 Å². The molecular weight excluding hydrogens is 376 g/mol. The van der Waals surface area contributed by atoms with Gasteiger partial charge in [0.25, 0.3) is 11.4 Å². The van der Waals surface area contributed by atoms with Crippen LogP contribution in [0.15, 0.2) is 82.1 Å². The lowest BCUT2D eigenvalue weighted by Gasteiger charge is -2.11. The first-order valence-corrected chi connectivity index (χ1v) is 9.61. The summed E-state index contributed by atoms with van der Waals surface area (Å²) >= 11 is 0. The average Bonchev–Trinajstić information content (AvgIpc) is 3.25. The third-order valence-electron chi connectivity index (χ3n) is 5.16. The number of rotatable bonds is 3. The largest absolute Gasteiger partial charge is 0.332 e. The van der Waals surface area contributed by atoms with Crippen molar-refractivity contribution in [1.82, 2.24) is 19.9 Å². The Balaban J connectivity index is 1.76. The number of aromatic nitrogens is 4. The van der Waals surface area contributed by atoms with Gasteiger partial charge in [-0.3, -0.25) is 4.79 Å². The lowest BCUT2D eigenvalue weighted by atomic mass is 10.1. The van der Waals surface area contributed by atoms with Crippen molar-refractivity contribution in [3.8, 4) is 28.7 Å². The fraction of sp³-hybridized carbons (Fsp3) is 0.0833. The smallest absolute Gasteiger partial charge is 0.279 e. The fourth-order valence-electron chi connectivity index (χ4n) is 3.56. The second-order valence-electron chi connectivity index (χ2n) is 7.14. The van der Waals surface area contributed by atoms with Crippen molar-refractivity contribution in [1.29, 1.82) is 0 Å². The molecule has 0 aliphatic heterocycles. The van der Waals surface area contributed by atoms with E-state index in [2.05, 4.69) is 15.2 Å². The van der Waals surface area contributed by atoms with Crippen LogP contribution < -0.4 is 5.56 Å². The summed E-state index contributed by atoms with van der Waals surface area (Å²) in [6, 6.07) is 22.8. The molecule has 6 nitrogen and oxygen atoms in total. The first kappa shape index (κ1) is 18.0. The summed E-state index contributed by atoms with van der Waals surface area (Å²) in [6.45, 7) is 3.94. The first-order chi connectivity index (χ1) is 14.6. The van der Waals surface area contributed by atoms with Crippen LogP contribution in [0, 0.1) is 13.8 Å². The van der Waals surface area contributed by atoms with Gasteiger partial charge in [-0.15, -0.1) is 0 Å². The molecule has 0 radical (unpaired) electrons. The van der Waals surface area contributed by atoms with E-state index in [-0.39, 0.29) is 11.4 Å². The standard InChI is InChI=1S/C24H18N4O2/c1-15-9-3-5-11-17(15)22-25-23(30-27-22)21-18-12-6-7-13-19(18)24(29)28(26-21)20-14-8-4-10-16(20)2/h3-14H,1-2H3. The lowest BCUT2D eigenvalue weighted by molar-refractivity contribution is 0.430. The van der Waals surface area contributed by atoms with Crippen molar-refractivity contribution >= 4 is 10.8 Å². The van der Waals surface area contributed by atoms with Crippen molar-refractivity contribution in [3.05, 3.63) is 94.3 Å². The van der Waals surface area contributed by atoms with Gasteiger partial charge in [-0.05, 0) is 37.1 Å². The van der Waals surface area contributed by atoms with Crippen LogP contribution in [0.2, 0.25) is 0 Å². The van der Waals surface area contributed by atoms with Crippen LogP contribution in [0.1, 0.15) is 11.1 Å². The van der Waals surface area contributed by atoms with E-state index in [1.165, 1.54) is 4.68 Å². The van der Waals surface area contributed by atoms with Gasteiger partial charge in [0.05, 0.1) is 11.1 Å². The molecule has 30 heavy (non-hydrogen) atoms. The molecule has 146 valence electrons. The van der Waals surface area contributed by atoms with Gasteiger partial charge in [0.15, 0.2) is 5.69 Å². The van der Waals surface area contributed by atoms with Crippen LogP contribution in [0.25, 0.3) is 39.4 Å². The monoisotopic (exact) mass is 394 g/mol. The molecule has 0 aliphatic carbocycles. The van der Waals surface area contributed by atoms with Crippen LogP contribution in [-0.4, -0.2) is 19.9 Å². The zero-order valence-electron chi connectivity index (χ0n) is 16.5. The molecule has 0 N–H and O–H groups in total. The highest BCUT2D eigenvalue weighted by molar-refractivity contribution is 5.92. The van der Waals surface area contributed by atoms with Crippen molar-refractivity contribution in [2.75, 3.05) is 0 Å². The van der Waals surface area contributed by atoms with Crippen LogP contribution in [0.4, 0.5) is 0 Å². The summed E-state index contributed by atoms with van der Waals surface area (Å²) in [5, 5.41) is 10.0. The van der Waals surface area contributed by atoms with E-state index >= 15 is 0 Å². The van der Waals surface area contributed by atoms with E-state index in [1.54, 1.807) is 6.07 Å². The van der Waals surface area contributed by atoms with E-state index in [0.29, 0.717) is 28.0 Å². The Morgan fingerprint density at radius 3 is 2.23 bits per heavy atom.